The van der Waals surface area contributed by atoms with Crippen molar-refractivity contribution in [1.29, 1.82) is 0 Å². The number of carboxylic acids is 1. The molecule has 2 rings (SSSR count). The molecule has 1 saturated heterocycles. The highest BCUT2D eigenvalue weighted by molar-refractivity contribution is 6.29. The van der Waals surface area contributed by atoms with Gasteiger partial charge in [0, 0.05) is 6.54 Å². The molecule has 0 bridgehead atoms. The molecule has 1 fully saturated rings. The van der Waals surface area contributed by atoms with Crippen LogP contribution in [0.15, 0.2) is 12.4 Å². The first-order valence-corrected chi connectivity index (χ1v) is 5.90. The number of nitrogens with zero attached hydrogens (tertiary/aromatic N) is 3. The quantitative estimate of drug-likeness (QED) is 0.868. The van der Waals surface area contributed by atoms with Crippen LogP contribution in [-0.4, -0.2) is 44.4 Å². The van der Waals surface area contributed by atoms with Gasteiger partial charge in [0.05, 0.1) is 12.4 Å². The lowest BCUT2D eigenvalue weighted by molar-refractivity contribution is -0.142. The summed E-state index contributed by atoms with van der Waals surface area (Å²) in [5, 5.41) is 9.26. The first-order valence-electron chi connectivity index (χ1n) is 5.52. The van der Waals surface area contributed by atoms with Gasteiger partial charge in [0.2, 0.25) is 0 Å². The second-order valence-corrected chi connectivity index (χ2v) is 4.66. The van der Waals surface area contributed by atoms with Crippen molar-refractivity contribution in [3.05, 3.63) is 23.2 Å². The van der Waals surface area contributed by atoms with Crippen molar-refractivity contribution in [1.82, 2.24) is 14.9 Å². The Bertz CT molecular complexity index is 494. The fourth-order valence-electron chi connectivity index (χ4n) is 2.14. The fourth-order valence-corrected chi connectivity index (χ4v) is 2.29. The number of halogens is 1. The number of aliphatic carboxylic acids is 1. The summed E-state index contributed by atoms with van der Waals surface area (Å²) >= 11 is 5.66. The number of carbonyl (C=O) groups excluding carboxylic acids is 1. The number of carbonyl (C=O) groups is 2. The zero-order valence-corrected chi connectivity index (χ0v) is 10.5. The van der Waals surface area contributed by atoms with Gasteiger partial charge in [-0.3, -0.25) is 9.78 Å². The van der Waals surface area contributed by atoms with Gasteiger partial charge < -0.3 is 10.0 Å². The lowest BCUT2D eigenvalue weighted by atomic mass is 10.0. The van der Waals surface area contributed by atoms with E-state index in [0.29, 0.717) is 13.0 Å². The molecule has 1 aliphatic heterocycles. The molecular weight excluding hydrogens is 258 g/mol. The van der Waals surface area contributed by atoms with E-state index in [1.165, 1.54) is 17.3 Å². The Morgan fingerprint density at radius 3 is 2.83 bits per heavy atom. The maximum absolute atomic E-state index is 12.2. The monoisotopic (exact) mass is 269 g/mol. The Balaban J connectivity index is 2.26. The predicted octanol–water partition coefficient (Wildman–Crippen LogP) is 1.07. The Morgan fingerprint density at radius 1 is 1.50 bits per heavy atom. The molecule has 7 heteroatoms. The number of aromatic nitrogens is 2. The van der Waals surface area contributed by atoms with Gasteiger partial charge in [-0.15, -0.1) is 0 Å². The van der Waals surface area contributed by atoms with Crippen molar-refractivity contribution in [3.63, 3.8) is 0 Å². The molecule has 0 spiro atoms. The molecule has 2 unspecified atom stereocenters. The van der Waals surface area contributed by atoms with Gasteiger partial charge in [-0.05, 0) is 12.3 Å². The Morgan fingerprint density at radius 2 is 2.22 bits per heavy atom. The average molecular weight is 270 g/mol. The first-order chi connectivity index (χ1) is 8.50. The molecule has 0 radical (unpaired) electrons. The van der Waals surface area contributed by atoms with Crippen LogP contribution in [0.5, 0.6) is 0 Å². The number of amides is 1. The van der Waals surface area contributed by atoms with Crippen molar-refractivity contribution in [3.8, 4) is 0 Å². The maximum Gasteiger partial charge on any atom is 0.326 e. The minimum atomic E-state index is -0.997. The lowest BCUT2D eigenvalue weighted by Gasteiger charge is -2.22. The van der Waals surface area contributed by atoms with Crippen LogP contribution in [0.2, 0.25) is 5.15 Å². The first kappa shape index (κ1) is 12.8. The van der Waals surface area contributed by atoms with Crippen molar-refractivity contribution in [2.24, 2.45) is 5.92 Å². The van der Waals surface area contributed by atoms with E-state index in [1.807, 2.05) is 6.92 Å². The molecule has 1 aliphatic rings. The third-order valence-corrected chi connectivity index (χ3v) is 3.22. The van der Waals surface area contributed by atoms with E-state index >= 15 is 0 Å². The van der Waals surface area contributed by atoms with Crippen LogP contribution < -0.4 is 0 Å². The zero-order valence-electron chi connectivity index (χ0n) is 9.71. The highest BCUT2D eigenvalue weighted by Gasteiger charge is 2.40. The summed E-state index contributed by atoms with van der Waals surface area (Å²) in [6, 6.07) is -0.807. The van der Waals surface area contributed by atoms with E-state index in [2.05, 4.69) is 9.97 Å². The van der Waals surface area contributed by atoms with Crippen LogP contribution in [0.3, 0.4) is 0 Å². The molecule has 1 N–H and O–H groups in total. The number of rotatable bonds is 2. The number of likely N-dealkylation sites (tertiary alicyclic amines) is 1. The summed E-state index contributed by atoms with van der Waals surface area (Å²) in [5.41, 5.74) is 0.0721. The average Bonchev–Trinajstić information content (AvgIpc) is 2.70. The van der Waals surface area contributed by atoms with Gasteiger partial charge in [-0.2, -0.15) is 0 Å². The van der Waals surface area contributed by atoms with Gasteiger partial charge in [0.25, 0.3) is 5.91 Å². The third-order valence-electron chi connectivity index (χ3n) is 3.04. The van der Waals surface area contributed by atoms with Crippen LogP contribution in [0.25, 0.3) is 0 Å². The minimum absolute atomic E-state index is 0.0707. The molecule has 0 saturated carbocycles. The summed E-state index contributed by atoms with van der Waals surface area (Å²) in [7, 11) is 0. The van der Waals surface area contributed by atoms with Gasteiger partial charge in [-0.1, -0.05) is 18.5 Å². The van der Waals surface area contributed by atoms with Crippen LogP contribution >= 0.6 is 11.6 Å². The van der Waals surface area contributed by atoms with E-state index in [-0.39, 0.29) is 16.8 Å². The van der Waals surface area contributed by atoms with Crippen LogP contribution in [0.4, 0.5) is 0 Å². The van der Waals surface area contributed by atoms with Crippen LogP contribution in [-0.2, 0) is 4.79 Å². The summed E-state index contributed by atoms with van der Waals surface area (Å²) in [4.78, 5) is 32.3. The highest BCUT2D eigenvalue weighted by Crippen LogP contribution is 2.25. The van der Waals surface area contributed by atoms with Crippen LogP contribution in [0, 0.1) is 5.92 Å². The zero-order chi connectivity index (χ0) is 13.3. The topological polar surface area (TPSA) is 83.4 Å². The summed E-state index contributed by atoms with van der Waals surface area (Å²) in [6.07, 6.45) is 3.27. The molecule has 1 aromatic rings. The summed E-state index contributed by atoms with van der Waals surface area (Å²) in [5.74, 6) is -1.51. The molecule has 18 heavy (non-hydrogen) atoms. The second-order valence-electron chi connectivity index (χ2n) is 4.27. The third kappa shape index (κ3) is 2.28. The summed E-state index contributed by atoms with van der Waals surface area (Å²) in [6.45, 7) is 2.22. The van der Waals surface area contributed by atoms with Crippen molar-refractivity contribution in [2.45, 2.75) is 19.4 Å². The van der Waals surface area contributed by atoms with E-state index in [0.717, 1.165) is 0 Å². The van der Waals surface area contributed by atoms with Gasteiger partial charge in [-0.25, -0.2) is 9.78 Å². The lowest BCUT2D eigenvalue weighted by Crippen LogP contribution is -2.43. The number of hydrogen-bond donors (Lipinski definition) is 1. The molecule has 0 aromatic carbocycles. The molecule has 0 aliphatic carbocycles. The maximum atomic E-state index is 12.2. The minimum Gasteiger partial charge on any atom is -0.480 e. The van der Waals surface area contributed by atoms with Gasteiger partial charge in [0.15, 0.2) is 0 Å². The largest absolute Gasteiger partial charge is 0.480 e. The predicted molar refractivity (Wildman–Crippen MR) is 63.3 cm³/mol. The Kier molecular flexibility index (Phi) is 3.47. The smallest absolute Gasteiger partial charge is 0.326 e. The molecule has 2 heterocycles. The number of carboxylic acid groups (broad SMARTS) is 1. The Hall–Kier alpha value is -1.69. The van der Waals surface area contributed by atoms with Crippen molar-refractivity contribution in [2.75, 3.05) is 6.54 Å². The molecule has 6 nitrogen and oxygen atoms in total. The SMILES string of the molecule is CC1CCN(C(=O)c2cncc(Cl)n2)C1C(=O)O. The van der Waals surface area contributed by atoms with Crippen molar-refractivity contribution >= 4 is 23.5 Å². The van der Waals surface area contributed by atoms with E-state index < -0.39 is 17.9 Å². The van der Waals surface area contributed by atoms with E-state index in [1.54, 1.807) is 0 Å². The van der Waals surface area contributed by atoms with E-state index in [9.17, 15) is 9.59 Å². The van der Waals surface area contributed by atoms with Crippen molar-refractivity contribution < 1.29 is 14.7 Å². The fraction of sp³-hybridized carbons (Fsp3) is 0.455. The molecule has 1 amide bonds. The standard InChI is InChI=1S/C11H12ClN3O3/c1-6-2-3-15(9(6)11(17)18)10(16)7-4-13-5-8(12)14-7/h4-6,9H,2-3H2,1H3,(H,17,18). The van der Waals surface area contributed by atoms with Gasteiger partial charge in [0.1, 0.15) is 16.9 Å². The highest BCUT2D eigenvalue weighted by atomic mass is 35.5. The molecule has 2 atom stereocenters. The Labute approximate surface area is 109 Å². The summed E-state index contributed by atoms with van der Waals surface area (Å²) < 4.78 is 0. The molecular formula is C11H12ClN3O3. The normalized spacial score (nSPS) is 23.1. The number of hydrogen-bond acceptors (Lipinski definition) is 4. The second kappa shape index (κ2) is 4.89. The van der Waals surface area contributed by atoms with E-state index in [4.69, 9.17) is 16.7 Å². The molecule has 1 aromatic heterocycles. The molecule has 96 valence electrons. The van der Waals surface area contributed by atoms with Gasteiger partial charge >= 0.3 is 5.97 Å². The van der Waals surface area contributed by atoms with Crippen LogP contribution in [0.1, 0.15) is 23.8 Å².